The Morgan fingerprint density at radius 1 is 1.53 bits per heavy atom. The van der Waals surface area contributed by atoms with E-state index in [9.17, 15) is 14.0 Å². The second-order valence-electron chi connectivity index (χ2n) is 3.35. The van der Waals surface area contributed by atoms with Gasteiger partial charge in [-0.2, -0.15) is 0 Å². The van der Waals surface area contributed by atoms with Crippen molar-refractivity contribution in [2.75, 3.05) is 20.1 Å². The quantitative estimate of drug-likeness (QED) is 0.828. The van der Waals surface area contributed by atoms with Gasteiger partial charge in [-0.05, 0) is 13.0 Å². The number of likely N-dealkylation sites (N-methyl/N-ethyl adjacent to an activating group) is 2. The van der Waals surface area contributed by atoms with Crippen molar-refractivity contribution in [2.45, 2.75) is 6.92 Å². The topological polar surface area (TPSA) is 62.3 Å². The van der Waals surface area contributed by atoms with Crippen LogP contribution in [0.3, 0.4) is 0 Å². The summed E-state index contributed by atoms with van der Waals surface area (Å²) in [7, 11) is 1.48. The molecule has 0 spiro atoms. The maximum Gasteiger partial charge on any atom is 0.257 e. The van der Waals surface area contributed by atoms with E-state index in [-0.39, 0.29) is 18.0 Å². The third kappa shape index (κ3) is 3.24. The summed E-state index contributed by atoms with van der Waals surface area (Å²) < 4.78 is 13.3. The smallest absolute Gasteiger partial charge is 0.257 e. The van der Waals surface area contributed by atoms with E-state index in [0.717, 1.165) is 6.20 Å². The zero-order valence-corrected chi connectivity index (χ0v) is 9.74. The summed E-state index contributed by atoms with van der Waals surface area (Å²) in [6.07, 6.45) is 2.31. The van der Waals surface area contributed by atoms with Crippen LogP contribution in [0.4, 0.5) is 4.39 Å². The number of hydrogen-bond donors (Lipinski definition) is 1. The van der Waals surface area contributed by atoms with E-state index in [1.807, 2.05) is 0 Å². The van der Waals surface area contributed by atoms with Crippen molar-refractivity contribution in [3.63, 3.8) is 0 Å². The lowest BCUT2D eigenvalue weighted by Crippen LogP contribution is -2.39. The maximum atomic E-state index is 13.3. The molecule has 1 N–H and O–H groups in total. The Morgan fingerprint density at radius 2 is 2.24 bits per heavy atom. The summed E-state index contributed by atoms with van der Waals surface area (Å²) in [4.78, 5) is 27.9. The van der Waals surface area contributed by atoms with Gasteiger partial charge < -0.3 is 10.2 Å². The summed E-state index contributed by atoms with van der Waals surface area (Å²) in [6.45, 7) is 1.96. The van der Waals surface area contributed by atoms with E-state index in [4.69, 9.17) is 0 Å². The SMILES string of the molecule is CCN(CC(=O)NC)C(=O)c1ccncc1F. The lowest BCUT2D eigenvalue weighted by Gasteiger charge is -2.19. The van der Waals surface area contributed by atoms with Gasteiger partial charge >= 0.3 is 0 Å². The van der Waals surface area contributed by atoms with Crippen molar-refractivity contribution >= 4 is 11.8 Å². The Hall–Kier alpha value is -1.98. The van der Waals surface area contributed by atoms with Crippen molar-refractivity contribution in [1.29, 1.82) is 0 Å². The Balaban J connectivity index is 2.87. The van der Waals surface area contributed by atoms with Crippen LogP contribution in [0.15, 0.2) is 18.5 Å². The van der Waals surface area contributed by atoms with Crippen LogP contribution in [-0.4, -0.2) is 41.8 Å². The first kappa shape index (κ1) is 13.1. The molecule has 0 bridgehead atoms. The molecule has 1 heterocycles. The average Bonchev–Trinajstić information content (AvgIpc) is 2.35. The summed E-state index contributed by atoms with van der Waals surface area (Å²) in [5.74, 6) is -1.50. The van der Waals surface area contributed by atoms with Crippen molar-refractivity contribution < 1.29 is 14.0 Å². The van der Waals surface area contributed by atoms with Crippen molar-refractivity contribution in [2.24, 2.45) is 0 Å². The third-order valence-electron chi connectivity index (χ3n) is 2.29. The summed E-state index contributed by atoms with van der Waals surface area (Å²) in [5, 5.41) is 2.41. The first-order valence-corrected chi connectivity index (χ1v) is 5.19. The second kappa shape index (κ2) is 5.93. The molecule has 0 aliphatic carbocycles. The molecule has 0 aliphatic rings. The highest BCUT2D eigenvalue weighted by Gasteiger charge is 2.19. The Kier molecular flexibility index (Phi) is 4.56. The predicted molar refractivity (Wildman–Crippen MR) is 59.8 cm³/mol. The first-order chi connectivity index (χ1) is 8.10. The molecule has 1 aromatic heterocycles. The fourth-order valence-corrected chi connectivity index (χ4v) is 1.30. The molecule has 0 fully saturated rings. The fourth-order valence-electron chi connectivity index (χ4n) is 1.30. The standard InChI is InChI=1S/C11H14FN3O2/c1-3-15(7-10(16)13-2)11(17)8-4-5-14-6-9(8)12/h4-6H,3,7H2,1-2H3,(H,13,16). The van der Waals surface area contributed by atoms with E-state index < -0.39 is 11.7 Å². The van der Waals surface area contributed by atoms with Crippen LogP contribution >= 0.6 is 0 Å². The zero-order valence-electron chi connectivity index (χ0n) is 9.74. The van der Waals surface area contributed by atoms with Crippen LogP contribution < -0.4 is 5.32 Å². The number of pyridine rings is 1. The van der Waals surface area contributed by atoms with Gasteiger partial charge in [0.15, 0.2) is 5.82 Å². The summed E-state index contributed by atoms with van der Waals surface area (Å²) >= 11 is 0. The van der Waals surface area contributed by atoms with Crippen molar-refractivity contribution in [3.05, 3.63) is 29.8 Å². The molecule has 0 radical (unpaired) electrons. The fraction of sp³-hybridized carbons (Fsp3) is 0.364. The van der Waals surface area contributed by atoms with E-state index in [1.54, 1.807) is 6.92 Å². The van der Waals surface area contributed by atoms with Gasteiger partial charge in [0.05, 0.1) is 18.3 Å². The van der Waals surface area contributed by atoms with Gasteiger partial charge in [-0.15, -0.1) is 0 Å². The number of amides is 2. The highest BCUT2D eigenvalue weighted by atomic mass is 19.1. The minimum absolute atomic E-state index is 0.0780. The molecule has 1 aromatic rings. The molecule has 2 amide bonds. The molecule has 0 unspecified atom stereocenters. The Labute approximate surface area is 98.6 Å². The van der Waals surface area contributed by atoms with Crippen LogP contribution in [0.5, 0.6) is 0 Å². The minimum Gasteiger partial charge on any atom is -0.358 e. The van der Waals surface area contributed by atoms with E-state index in [0.29, 0.717) is 6.54 Å². The lowest BCUT2D eigenvalue weighted by atomic mass is 10.2. The van der Waals surface area contributed by atoms with E-state index >= 15 is 0 Å². The van der Waals surface area contributed by atoms with Gasteiger partial charge in [0, 0.05) is 19.8 Å². The van der Waals surface area contributed by atoms with Gasteiger partial charge in [0.1, 0.15) is 0 Å². The van der Waals surface area contributed by atoms with Crippen LogP contribution in [0, 0.1) is 5.82 Å². The van der Waals surface area contributed by atoms with Crippen molar-refractivity contribution in [1.82, 2.24) is 15.2 Å². The molecular formula is C11H14FN3O2. The van der Waals surface area contributed by atoms with Gasteiger partial charge in [0.2, 0.25) is 5.91 Å². The number of halogens is 1. The Bertz CT molecular complexity index is 423. The van der Waals surface area contributed by atoms with Gasteiger partial charge in [-0.25, -0.2) is 4.39 Å². The normalized spacial score (nSPS) is 9.82. The van der Waals surface area contributed by atoms with Gasteiger partial charge in [0.25, 0.3) is 5.91 Å². The number of aromatic nitrogens is 1. The molecule has 6 heteroatoms. The monoisotopic (exact) mass is 239 g/mol. The number of nitrogens with zero attached hydrogens (tertiary/aromatic N) is 2. The summed E-state index contributed by atoms with van der Waals surface area (Å²) in [6, 6.07) is 1.30. The molecule has 0 saturated heterocycles. The largest absolute Gasteiger partial charge is 0.358 e. The van der Waals surface area contributed by atoms with Crippen LogP contribution in [0.1, 0.15) is 17.3 Å². The molecule has 92 valence electrons. The van der Waals surface area contributed by atoms with Crippen molar-refractivity contribution in [3.8, 4) is 0 Å². The Morgan fingerprint density at radius 3 is 2.76 bits per heavy atom. The van der Waals surface area contributed by atoms with Gasteiger partial charge in [-0.1, -0.05) is 0 Å². The highest BCUT2D eigenvalue weighted by molar-refractivity contribution is 5.96. The molecule has 0 aliphatic heterocycles. The molecule has 1 rings (SSSR count). The first-order valence-electron chi connectivity index (χ1n) is 5.19. The van der Waals surface area contributed by atoms with E-state index in [1.165, 1.54) is 24.2 Å². The number of carbonyl (C=O) groups excluding carboxylic acids is 2. The zero-order chi connectivity index (χ0) is 12.8. The second-order valence-corrected chi connectivity index (χ2v) is 3.35. The molecule has 0 aromatic carbocycles. The molecular weight excluding hydrogens is 225 g/mol. The molecule has 17 heavy (non-hydrogen) atoms. The number of nitrogens with one attached hydrogen (secondary N) is 1. The number of hydrogen-bond acceptors (Lipinski definition) is 3. The third-order valence-corrected chi connectivity index (χ3v) is 2.29. The van der Waals surface area contributed by atoms with E-state index in [2.05, 4.69) is 10.3 Å². The molecule has 0 atom stereocenters. The maximum absolute atomic E-state index is 13.3. The minimum atomic E-state index is -0.687. The van der Waals surface area contributed by atoms with Crippen LogP contribution in [0.2, 0.25) is 0 Å². The lowest BCUT2D eigenvalue weighted by molar-refractivity contribution is -0.121. The predicted octanol–water partition coefficient (Wildman–Crippen LogP) is 0.429. The van der Waals surface area contributed by atoms with Gasteiger partial charge in [-0.3, -0.25) is 14.6 Å². The number of rotatable bonds is 4. The molecule has 5 nitrogen and oxygen atoms in total. The highest BCUT2D eigenvalue weighted by Crippen LogP contribution is 2.08. The van der Waals surface area contributed by atoms with Crippen LogP contribution in [-0.2, 0) is 4.79 Å². The average molecular weight is 239 g/mol. The summed E-state index contributed by atoms with van der Waals surface area (Å²) in [5.41, 5.74) is -0.0780. The number of carbonyl (C=O) groups is 2. The molecule has 0 saturated carbocycles. The van der Waals surface area contributed by atoms with Crippen LogP contribution in [0.25, 0.3) is 0 Å².